The molecule has 2 fully saturated rings. The maximum absolute atomic E-state index is 11.7. The Kier molecular flexibility index (Phi) is 5.31. The van der Waals surface area contributed by atoms with E-state index in [2.05, 4.69) is 17.1 Å². The number of rotatable bonds is 6. The second-order valence-electron chi connectivity index (χ2n) is 7.63. The van der Waals surface area contributed by atoms with Crippen molar-refractivity contribution >= 4 is 5.97 Å². The third kappa shape index (κ3) is 3.78. The van der Waals surface area contributed by atoms with E-state index in [0.29, 0.717) is 18.5 Å². The number of hydrogen-bond donors (Lipinski definition) is 2. The number of nitrogens with one attached hydrogen (secondary N) is 1. The second-order valence-corrected chi connectivity index (χ2v) is 7.63. The van der Waals surface area contributed by atoms with Crippen molar-refractivity contribution < 1.29 is 9.90 Å². The lowest BCUT2D eigenvalue weighted by molar-refractivity contribution is -0.145. The highest BCUT2D eigenvalue weighted by atomic mass is 16.4. The van der Waals surface area contributed by atoms with Crippen LogP contribution in [-0.4, -0.2) is 46.2 Å². The van der Waals surface area contributed by atoms with Crippen molar-refractivity contribution in [3.63, 3.8) is 0 Å². The summed E-state index contributed by atoms with van der Waals surface area (Å²) in [6.07, 6.45) is 7.36. The number of fused-ring (bicyclic) bond motifs is 1. The van der Waals surface area contributed by atoms with Crippen LogP contribution in [0.4, 0.5) is 0 Å². The normalized spacial score (nSPS) is 30.9. The van der Waals surface area contributed by atoms with Gasteiger partial charge in [-0.25, -0.2) is 0 Å². The average Bonchev–Trinajstić information content (AvgIpc) is 2.81. The van der Waals surface area contributed by atoms with Gasteiger partial charge in [0.05, 0.1) is 0 Å². The van der Waals surface area contributed by atoms with Gasteiger partial charge in [0, 0.05) is 18.1 Å². The molecule has 2 N–H and O–H groups in total. The minimum absolute atomic E-state index is 0.180. The second kappa shape index (κ2) is 6.66. The Labute approximate surface area is 129 Å². The van der Waals surface area contributed by atoms with Gasteiger partial charge in [0.25, 0.3) is 0 Å². The third-order valence-corrected chi connectivity index (χ3v) is 5.40. The zero-order valence-corrected chi connectivity index (χ0v) is 14.1. The van der Waals surface area contributed by atoms with Gasteiger partial charge in [-0.15, -0.1) is 0 Å². The molecule has 1 heterocycles. The summed E-state index contributed by atoms with van der Waals surface area (Å²) < 4.78 is 0. The van der Waals surface area contributed by atoms with Crippen molar-refractivity contribution in [2.45, 2.75) is 89.9 Å². The van der Waals surface area contributed by atoms with E-state index < -0.39 is 11.5 Å². The molecule has 4 heteroatoms. The molecular weight excluding hydrogens is 264 g/mol. The van der Waals surface area contributed by atoms with Crippen LogP contribution in [0.15, 0.2) is 0 Å². The summed E-state index contributed by atoms with van der Waals surface area (Å²) in [6.45, 7) is 9.21. The number of carboxylic acids is 1. The van der Waals surface area contributed by atoms with E-state index in [-0.39, 0.29) is 6.04 Å². The zero-order chi connectivity index (χ0) is 15.6. The molecule has 1 saturated heterocycles. The fraction of sp³-hybridized carbons (Fsp3) is 0.941. The molecule has 1 aliphatic carbocycles. The summed E-state index contributed by atoms with van der Waals surface area (Å²) in [7, 11) is 0. The molecule has 1 aliphatic heterocycles. The monoisotopic (exact) mass is 296 g/mol. The van der Waals surface area contributed by atoms with Crippen molar-refractivity contribution in [2.24, 2.45) is 5.92 Å². The van der Waals surface area contributed by atoms with Gasteiger partial charge < -0.3 is 5.11 Å². The quantitative estimate of drug-likeness (QED) is 0.791. The highest BCUT2D eigenvalue weighted by Gasteiger charge is 2.42. The number of aliphatic carboxylic acids is 1. The molecule has 122 valence electrons. The van der Waals surface area contributed by atoms with E-state index in [0.717, 1.165) is 12.5 Å². The fourth-order valence-corrected chi connectivity index (χ4v) is 4.54. The molecule has 4 atom stereocenters. The Hall–Kier alpha value is -0.610. The highest BCUT2D eigenvalue weighted by molar-refractivity contribution is 5.78. The molecule has 0 amide bonds. The number of hydrogen-bond acceptors (Lipinski definition) is 3. The molecule has 0 aromatic heterocycles. The van der Waals surface area contributed by atoms with Crippen molar-refractivity contribution in [3.8, 4) is 0 Å². The molecule has 0 radical (unpaired) electrons. The summed E-state index contributed by atoms with van der Waals surface area (Å²) >= 11 is 0. The van der Waals surface area contributed by atoms with Crippen LogP contribution in [0, 0.1) is 5.92 Å². The van der Waals surface area contributed by atoms with Gasteiger partial charge >= 0.3 is 5.97 Å². The number of carbonyl (C=O) groups is 1. The molecule has 1 saturated carbocycles. The predicted molar refractivity (Wildman–Crippen MR) is 85.5 cm³/mol. The SMILES string of the molecule is CC(C)NC(C)(CC(C)N1CCC2CCCCC21)C(=O)O. The van der Waals surface area contributed by atoms with Gasteiger partial charge in [-0.3, -0.25) is 15.0 Å². The van der Waals surface area contributed by atoms with Crippen LogP contribution >= 0.6 is 0 Å². The molecule has 4 unspecified atom stereocenters. The lowest BCUT2D eigenvalue weighted by atomic mass is 9.84. The highest BCUT2D eigenvalue weighted by Crippen LogP contribution is 2.38. The first-order chi connectivity index (χ1) is 9.83. The Morgan fingerprint density at radius 3 is 2.57 bits per heavy atom. The van der Waals surface area contributed by atoms with Crippen LogP contribution < -0.4 is 5.32 Å². The van der Waals surface area contributed by atoms with Gasteiger partial charge in [0.15, 0.2) is 0 Å². The summed E-state index contributed by atoms with van der Waals surface area (Å²) in [4.78, 5) is 14.3. The molecule has 21 heavy (non-hydrogen) atoms. The van der Waals surface area contributed by atoms with Crippen LogP contribution in [0.25, 0.3) is 0 Å². The maximum atomic E-state index is 11.7. The minimum Gasteiger partial charge on any atom is -0.480 e. The van der Waals surface area contributed by atoms with Gasteiger partial charge in [0.1, 0.15) is 5.54 Å². The Morgan fingerprint density at radius 2 is 1.95 bits per heavy atom. The lowest BCUT2D eigenvalue weighted by Crippen LogP contribution is -2.56. The van der Waals surface area contributed by atoms with Crippen LogP contribution in [-0.2, 0) is 4.79 Å². The third-order valence-electron chi connectivity index (χ3n) is 5.40. The first kappa shape index (κ1) is 16.8. The summed E-state index contributed by atoms with van der Waals surface area (Å²) in [6, 6.07) is 1.20. The lowest BCUT2D eigenvalue weighted by Gasteiger charge is -2.39. The van der Waals surface area contributed by atoms with E-state index >= 15 is 0 Å². The average molecular weight is 296 g/mol. The molecule has 0 bridgehead atoms. The van der Waals surface area contributed by atoms with Crippen molar-refractivity contribution in [2.75, 3.05) is 6.54 Å². The van der Waals surface area contributed by atoms with Gasteiger partial charge in [0.2, 0.25) is 0 Å². The van der Waals surface area contributed by atoms with Crippen molar-refractivity contribution in [3.05, 3.63) is 0 Å². The van der Waals surface area contributed by atoms with Crippen molar-refractivity contribution in [1.82, 2.24) is 10.2 Å². The van der Waals surface area contributed by atoms with Gasteiger partial charge in [-0.1, -0.05) is 12.8 Å². The molecule has 0 aromatic rings. The molecule has 0 spiro atoms. The van der Waals surface area contributed by atoms with Gasteiger partial charge in [-0.2, -0.15) is 0 Å². The first-order valence-electron chi connectivity index (χ1n) is 8.60. The number of nitrogens with zero attached hydrogens (tertiary/aromatic N) is 1. The standard InChI is InChI=1S/C17H32N2O2/c1-12(2)18-17(4,16(20)21)11-13(3)19-10-9-14-7-5-6-8-15(14)19/h12-15,18H,5-11H2,1-4H3,(H,20,21). The van der Waals surface area contributed by atoms with E-state index in [1.54, 1.807) is 0 Å². The van der Waals surface area contributed by atoms with Crippen LogP contribution in [0.2, 0.25) is 0 Å². The molecule has 2 rings (SSSR count). The molecule has 2 aliphatic rings. The largest absolute Gasteiger partial charge is 0.480 e. The Balaban J connectivity index is 2.01. The fourth-order valence-electron chi connectivity index (χ4n) is 4.54. The number of likely N-dealkylation sites (tertiary alicyclic amines) is 1. The summed E-state index contributed by atoms with van der Waals surface area (Å²) in [5.74, 6) is 0.123. The van der Waals surface area contributed by atoms with Crippen LogP contribution in [0.3, 0.4) is 0 Å². The van der Waals surface area contributed by atoms with Crippen molar-refractivity contribution in [1.29, 1.82) is 0 Å². The first-order valence-corrected chi connectivity index (χ1v) is 8.60. The Morgan fingerprint density at radius 1 is 1.29 bits per heavy atom. The van der Waals surface area contributed by atoms with E-state index in [1.807, 2.05) is 20.8 Å². The van der Waals surface area contributed by atoms with Crippen LogP contribution in [0.1, 0.15) is 66.2 Å². The summed E-state index contributed by atoms with van der Waals surface area (Å²) in [5.41, 5.74) is -0.833. The minimum atomic E-state index is -0.833. The van der Waals surface area contributed by atoms with Crippen LogP contribution in [0.5, 0.6) is 0 Å². The van der Waals surface area contributed by atoms with Gasteiger partial charge in [-0.05, 0) is 65.8 Å². The predicted octanol–water partition coefficient (Wildman–Crippen LogP) is 2.87. The number of carboxylic acid groups (broad SMARTS) is 1. The topological polar surface area (TPSA) is 52.6 Å². The molecule has 4 nitrogen and oxygen atoms in total. The molecule has 0 aromatic carbocycles. The smallest absolute Gasteiger partial charge is 0.323 e. The molecular formula is C17H32N2O2. The summed E-state index contributed by atoms with van der Waals surface area (Å²) in [5, 5.41) is 12.9. The van der Waals surface area contributed by atoms with E-state index in [4.69, 9.17) is 0 Å². The zero-order valence-electron chi connectivity index (χ0n) is 14.1. The maximum Gasteiger partial charge on any atom is 0.323 e. The van der Waals surface area contributed by atoms with E-state index in [9.17, 15) is 9.90 Å². The Bertz CT molecular complexity index is 372. The van der Waals surface area contributed by atoms with E-state index in [1.165, 1.54) is 32.1 Å².